The molecule has 2 aliphatic rings. The van der Waals surface area contributed by atoms with Crippen LogP contribution in [0.4, 0.5) is 0 Å². The normalized spacial score (nSPS) is 20.4. The maximum Gasteiger partial charge on any atom is 0.123 e. The van der Waals surface area contributed by atoms with Gasteiger partial charge in [0.2, 0.25) is 0 Å². The molecule has 5 nitrogen and oxygen atoms in total. The van der Waals surface area contributed by atoms with Gasteiger partial charge in [-0.05, 0) is 50.9 Å². The lowest BCUT2D eigenvalue weighted by Gasteiger charge is -2.38. The van der Waals surface area contributed by atoms with Crippen LogP contribution in [-0.2, 0) is 12.1 Å². The minimum absolute atomic E-state index is 0.733. The molecule has 3 heterocycles. The van der Waals surface area contributed by atoms with E-state index in [1.807, 2.05) is 12.1 Å². The lowest BCUT2D eigenvalue weighted by molar-refractivity contribution is -0.0281. The molecule has 2 fully saturated rings. The minimum Gasteiger partial charge on any atom is -0.492 e. The molecule has 2 aromatic rings. The van der Waals surface area contributed by atoms with Crippen LogP contribution in [0.1, 0.15) is 43.2 Å². The Balaban J connectivity index is 1.30. The van der Waals surface area contributed by atoms with E-state index in [9.17, 15) is 5.11 Å². The van der Waals surface area contributed by atoms with Crippen molar-refractivity contribution in [2.24, 2.45) is 0 Å². The Morgan fingerprint density at radius 3 is 2.48 bits per heavy atom. The second-order valence-corrected chi connectivity index (χ2v) is 8.41. The van der Waals surface area contributed by atoms with Crippen LogP contribution >= 0.6 is 0 Å². The molecule has 5 heteroatoms. The van der Waals surface area contributed by atoms with Gasteiger partial charge in [-0.2, -0.15) is 0 Å². The molecular weight excluding hydrogens is 362 g/mol. The van der Waals surface area contributed by atoms with Gasteiger partial charge in [-0.15, -0.1) is 0 Å². The Kier molecular flexibility index (Phi) is 6.80. The van der Waals surface area contributed by atoms with Crippen molar-refractivity contribution in [2.75, 3.05) is 39.3 Å². The van der Waals surface area contributed by atoms with Gasteiger partial charge in [-0.1, -0.05) is 30.7 Å². The maximum absolute atomic E-state index is 11.0. The second-order valence-electron chi connectivity index (χ2n) is 8.41. The summed E-state index contributed by atoms with van der Waals surface area (Å²) in [5, 5.41) is 11.0. The summed E-state index contributed by atoms with van der Waals surface area (Å²) in [6.07, 6.45) is 9.01. The molecule has 156 valence electrons. The summed E-state index contributed by atoms with van der Waals surface area (Å²) in [6, 6.07) is 12.3. The Morgan fingerprint density at radius 1 is 0.931 bits per heavy atom. The van der Waals surface area contributed by atoms with Crippen molar-refractivity contribution < 1.29 is 9.84 Å². The van der Waals surface area contributed by atoms with Crippen LogP contribution in [0, 0.1) is 0 Å². The maximum atomic E-state index is 11.0. The summed E-state index contributed by atoms with van der Waals surface area (Å²) in [4.78, 5) is 9.10. The van der Waals surface area contributed by atoms with E-state index < -0.39 is 5.60 Å². The molecule has 29 heavy (non-hydrogen) atoms. The number of pyridine rings is 1. The molecule has 1 N–H and O–H groups in total. The second kappa shape index (κ2) is 9.70. The van der Waals surface area contributed by atoms with E-state index in [0.29, 0.717) is 0 Å². The molecule has 4 rings (SSSR count). The first kappa shape index (κ1) is 20.3. The predicted molar refractivity (Wildman–Crippen MR) is 115 cm³/mol. The van der Waals surface area contributed by atoms with Gasteiger partial charge in [-0.25, -0.2) is 0 Å². The number of hydrogen-bond donors (Lipinski definition) is 1. The van der Waals surface area contributed by atoms with Crippen molar-refractivity contribution in [2.45, 2.75) is 44.2 Å². The van der Waals surface area contributed by atoms with Gasteiger partial charge in [0, 0.05) is 49.7 Å². The highest BCUT2D eigenvalue weighted by Crippen LogP contribution is 2.33. The molecule has 0 radical (unpaired) electrons. The molecule has 0 spiro atoms. The van der Waals surface area contributed by atoms with E-state index in [2.05, 4.69) is 39.0 Å². The summed E-state index contributed by atoms with van der Waals surface area (Å²) < 4.78 is 6.17. The van der Waals surface area contributed by atoms with Crippen molar-refractivity contribution in [1.82, 2.24) is 14.8 Å². The standard InChI is InChI=1S/C24H33N3O2/c28-24(22-8-6-12-25-19-22)10-15-27(16-11-24)20-21-7-2-3-9-23(21)29-18-17-26-13-4-1-5-14-26/h2-3,6-9,12,19,28H,1,4-5,10-11,13-18,20H2. The molecular formula is C24H33N3O2. The number of likely N-dealkylation sites (tertiary alicyclic amines) is 2. The van der Waals surface area contributed by atoms with Crippen LogP contribution in [0.25, 0.3) is 0 Å². The third kappa shape index (κ3) is 5.35. The van der Waals surface area contributed by atoms with Crippen molar-refractivity contribution in [3.8, 4) is 5.75 Å². The van der Waals surface area contributed by atoms with E-state index in [0.717, 1.165) is 56.9 Å². The topological polar surface area (TPSA) is 48.8 Å². The quantitative estimate of drug-likeness (QED) is 0.778. The van der Waals surface area contributed by atoms with E-state index >= 15 is 0 Å². The number of aliphatic hydroxyl groups is 1. The molecule has 0 atom stereocenters. The third-order valence-corrected chi connectivity index (χ3v) is 6.36. The number of aromatic nitrogens is 1. The van der Waals surface area contributed by atoms with E-state index in [4.69, 9.17) is 4.74 Å². The van der Waals surface area contributed by atoms with Crippen LogP contribution in [0.5, 0.6) is 5.75 Å². The fourth-order valence-electron chi connectivity index (χ4n) is 4.49. The molecule has 1 aromatic heterocycles. The van der Waals surface area contributed by atoms with Crippen molar-refractivity contribution in [3.63, 3.8) is 0 Å². The number of ether oxygens (including phenoxy) is 1. The van der Waals surface area contributed by atoms with E-state index in [1.165, 1.54) is 37.9 Å². The fourth-order valence-corrected chi connectivity index (χ4v) is 4.49. The van der Waals surface area contributed by atoms with Gasteiger partial charge in [-0.3, -0.25) is 14.8 Å². The monoisotopic (exact) mass is 395 g/mol. The Morgan fingerprint density at radius 2 is 1.72 bits per heavy atom. The first-order valence-electron chi connectivity index (χ1n) is 11.0. The molecule has 2 aliphatic heterocycles. The molecule has 0 aliphatic carbocycles. The summed E-state index contributed by atoms with van der Waals surface area (Å²) in [7, 11) is 0. The van der Waals surface area contributed by atoms with Gasteiger partial charge in [0.15, 0.2) is 0 Å². The van der Waals surface area contributed by atoms with Crippen molar-refractivity contribution in [3.05, 3.63) is 59.9 Å². The Bertz CT molecular complexity index is 754. The van der Waals surface area contributed by atoms with E-state index in [-0.39, 0.29) is 0 Å². The zero-order valence-corrected chi connectivity index (χ0v) is 17.3. The van der Waals surface area contributed by atoms with Gasteiger partial charge < -0.3 is 9.84 Å². The SMILES string of the molecule is OC1(c2cccnc2)CCN(Cc2ccccc2OCCN2CCCCC2)CC1. The van der Waals surface area contributed by atoms with Crippen molar-refractivity contribution in [1.29, 1.82) is 0 Å². The largest absolute Gasteiger partial charge is 0.492 e. The fraction of sp³-hybridized carbons (Fsp3) is 0.542. The first-order valence-corrected chi connectivity index (χ1v) is 11.0. The summed E-state index contributed by atoms with van der Waals surface area (Å²) in [5.41, 5.74) is 1.41. The number of piperidine rings is 2. The van der Waals surface area contributed by atoms with Gasteiger partial charge in [0.1, 0.15) is 12.4 Å². The first-order chi connectivity index (χ1) is 14.2. The lowest BCUT2D eigenvalue weighted by atomic mass is 9.85. The summed E-state index contributed by atoms with van der Waals surface area (Å²) >= 11 is 0. The Labute approximate surface area is 174 Å². The van der Waals surface area contributed by atoms with Crippen molar-refractivity contribution >= 4 is 0 Å². The summed E-state index contributed by atoms with van der Waals surface area (Å²) in [6.45, 7) is 6.77. The summed E-state index contributed by atoms with van der Waals surface area (Å²) in [5.74, 6) is 0.998. The molecule has 0 bridgehead atoms. The average Bonchev–Trinajstić information content (AvgIpc) is 2.78. The highest BCUT2D eigenvalue weighted by molar-refractivity contribution is 5.33. The predicted octanol–water partition coefficient (Wildman–Crippen LogP) is 3.43. The molecule has 2 saturated heterocycles. The van der Waals surface area contributed by atoms with Crippen LogP contribution < -0.4 is 4.74 Å². The molecule has 0 saturated carbocycles. The lowest BCUT2D eigenvalue weighted by Crippen LogP contribution is -2.42. The van der Waals surface area contributed by atoms with E-state index in [1.54, 1.807) is 12.4 Å². The zero-order chi connectivity index (χ0) is 19.9. The third-order valence-electron chi connectivity index (χ3n) is 6.36. The highest BCUT2D eigenvalue weighted by atomic mass is 16.5. The number of hydrogen-bond acceptors (Lipinski definition) is 5. The van der Waals surface area contributed by atoms with Crippen LogP contribution in [0.15, 0.2) is 48.8 Å². The molecule has 1 aromatic carbocycles. The Hall–Kier alpha value is -1.95. The highest BCUT2D eigenvalue weighted by Gasteiger charge is 2.34. The number of benzene rings is 1. The van der Waals surface area contributed by atoms with Crippen LogP contribution in [0.3, 0.4) is 0 Å². The van der Waals surface area contributed by atoms with Crippen LogP contribution in [0.2, 0.25) is 0 Å². The number of nitrogens with zero attached hydrogens (tertiary/aromatic N) is 3. The zero-order valence-electron chi connectivity index (χ0n) is 17.3. The number of para-hydroxylation sites is 1. The minimum atomic E-state index is -0.755. The van der Waals surface area contributed by atoms with Gasteiger partial charge >= 0.3 is 0 Å². The van der Waals surface area contributed by atoms with Gasteiger partial charge in [0.25, 0.3) is 0 Å². The number of rotatable bonds is 7. The smallest absolute Gasteiger partial charge is 0.123 e. The average molecular weight is 396 g/mol. The van der Waals surface area contributed by atoms with Crippen LogP contribution in [-0.4, -0.2) is 59.2 Å². The molecule has 0 amide bonds. The molecule has 0 unspecified atom stereocenters. The van der Waals surface area contributed by atoms with Gasteiger partial charge in [0.05, 0.1) is 5.60 Å².